The molecule has 3 N–H and O–H groups in total. The normalized spacial score (nSPS) is 15.3. The van der Waals surface area contributed by atoms with E-state index in [-0.39, 0.29) is 11.9 Å². The Labute approximate surface area is 124 Å². The van der Waals surface area contributed by atoms with Gasteiger partial charge >= 0.3 is 5.97 Å². The number of carbonyl (C=O) groups is 2. The Hall–Kier alpha value is -2.04. The summed E-state index contributed by atoms with van der Waals surface area (Å²) in [7, 11) is 0. The van der Waals surface area contributed by atoms with E-state index in [1.165, 1.54) is 0 Å². The lowest BCUT2D eigenvalue weighted by molar-refractivity contribution is -0.143. The zero-order chi connectivity index (χ0) is 15.3. The van der Waals surface area contributed by atoms with Gasteiger partial charge in [-0.2, -0.15) is 0 Å². The van der Waals surface area contributed by atoms with Gasteiger partial charge in [0.2, 0.25) is 5.91 Å². The van der Waals surface area contributed by atoms with Crippen molar-refractivity contribution in [2.24, 2.45) is 0 Å². The molecule has 0 bridgehead atoms. The van der Waals surface area contributed by atoms with Gasteiger partial charge in [0, 0.05) is 18.7 Å². The fourth-order valence-electron chi connectivity index (χ4n) is 2.41. The fourth-order valence-corrected chi connectivity index (χ4v) is 2.41. The SMILES string of the molecule is CCOC(=O)CCCNC(=O)C1(c2ccc(N)cc2)CC1. The second-order valence-electron chi connectivity index (χ2n) is 5.37. The molecule has 1 fully saturated rings. The second-order valence-corrected chi connectivity index (χ2v) is 5.37. The number of amides is 1. The third kappa shape index (κ3) is 3.74. The third-order valence-corrected chi connectivity index (χ3v) is 3.80. The van der Waals surface area contributed by atoms with Crippen molar-refractivity contribution in [2.45, 2.75) is 38.0 Å². The molecule has 0 saturated heterocycles. The lowest BCUT2D eigenvalue weighted by Crippen LogP contribution is -2.35. The Kier molecular flexibility index (Phi) is 4.83. The molecule has 5 nitrogen and oxygen atoms in total. The number of ether oxygens (including phenoxy) is 1. The van der Waals surface area contributed by atoms with E-state index in [2.05, 4.69) is 5.32 Å². The zero-order valence-electron chi connectivity index (χ0n) is 12.4. The molecule has 1 aliphatic carbocycles. The molecular formula is C16H22N2O3. The van der Waals surface area contributed by atoms with Crippen LogP contribution < -0.4 is 11.1 Å². The smallest absolute Gasteiger partial charge is 0.305 e. The fraction of sp³-hybridized carbons (Fsp3) is 0.500. The first kappa shape index (κ1) is 15.4. The number of benzene rings is 1. The molecule has 1 saturated carbocycles. The molecule has 2 rings (SSSR count). The van der Waals surface area contributed by atoms with Crippen LogP contribution in [0, 0.1) is 0 Å². The summed E-state index contributed by atoms with van der Waals surface area (Å²) >= 11 is 0. The van der Waals surface area contributed by atoms with Gasteiger partial charge in [-0.3, -0.25) is 9.59 Å². The van der Waals surface area contributed by atoms with Gasteiger partial charge < -0.3 is 15.8 Å². The van der Waals surface area contributed by atoms with Crippen molar-refractivity contribution >= 4 is 17.6 Å². The Morgan fingerprint density at radius 3 is 2.52 bits per heavy atom. The standard InChI is InChI=1S/C16H22N2O3/c1-2-21-14(19)4-3-11-18-15(20)16(9-10-16)12-5-7-13(17)8-6-12/h5-8H,2-4,9-11,17H2,1H3,(H,18,20). The average Bonchev–Trinajstić information content (AvgIpc) is 3.26. The van der Waals surface area contributed by atoms with Crippen molar-refractivity contribution in [1.29, 1.82) is 0 Å². The highest BCUT2D eigenvalue weighted by atomic mass is 16.5. The van der Waals surface area contributed by atoms with E-state index in [1.807, 2.05) is 24.3 Å². The summed E-state index contributed by atoms with van der Waals surface area (Å²) in [6.45, 7) is 2.67. The van der Waals surface area contributed by atoms with Crippen LogP contribution in [0.3, 0.4) is 0 Å². The Bertz CT molecular complexity index is 507. The van der Waals surface area contributed by atoms with Crippen LogP contribution in [0.5, 0.6) is 0 Å². The molecule has 0 spiro atoms. The zero-order valence-corrected chi connectivity index (χ0v) is 12.4. The first-order valence-corrected chi connectivity index (χ1v) is 7.38. The number of hydrogen-bond donors (Lipinski definition) is 2. The third-order valence-electron chi connectivity index (χ3n) is 3.80. The molecule has 0 aliphatic heterocycles. The molecule has 5 heteroatoms. The highest BCUT2D eigenvalue weighted by Crippen LogP contribution is 2.48. The van der Waals surface area contributed by atoms with Crippen molar-refractivity contribution in [2.75, 3.05) is 18.9 Å². The summed E-state index contributed by atoms with van der Waals surface area (Å²) in [5, 5.41) is 2.92. The van der Waals surface area contributed by atoms with Gasteiger partial charge in [-0.15, -0.1) is 0 Å². The van der Waals surface area contributed by atoms with Crippen molar-refractivity contribution < 1.29 is 14.3 Å². The molecule has 0 aromatic heterocycles. The number of nitrogens with two attached hydrogens (primary N) is 1. The molecule has 1 aliphatic rings. The van der Waals surface area contributed by atoms with E-state index >= 15 is 0 Å². The minimum absolute atomic E-state index is 0.0381. The maximum absolute atomic E-state index is 12.3. The molecule has 1 aromatic rings. The maximum Gasteiger partial charge on any atom is 0.305 e. The van der Waals surface area contributed by atoms with Crippen LogP contribution >= 0.6 is 0 Å². The summed E-state index contributed by atoms with van der Waals surface area (Å²) < 4.78 is 4.85. The molecule has 1 aromatic carbocycles. The summed E-state index contributed by atoms with van der Waals surface area (Å²) in [5.74, 6) is -0.178. The summed E-state index contributed by atoms with van der Waals surface area (Å²) in [5.41, 5.74) is 6.99. The van der Waals surface area contributed by atoms with Crippen LogP contribution in [-0.2, 0) is 19.7 Å². The highest BCUT2D eigenvalue weighted by molar-refractivity contribution is 5.91. The van der Waals surface area contributed by atoms with Crippen molar-refractivity contribution in [3.63, 3.8) is 0 Å². The van der Waals surface area contributed by atoms with Crippen LogP contribution in [0.1, 0.15) is 38.2 Å². The molecule has 0 radical (unpaired) electrons. The second kappa shape index (κ2) is 6.61. The number of carbonyl (C=O) groups excluding carboxylic acids is 2. The monoisotopic (exact) mass is 290 g/mol. The van der Waals surface area contributed by atoms with Crippen LogP contribution in [0.25, 0.3) is 0 Å². The van der Waals surface area contributed by atoms with Crippen LogP contribution in [0.2, 0.25) is 0 Å². The molecule has 0 atom stereocenters. The topological polar surface area (TPSA) is 81.4 Å². The molecule has 0 unspecified atom stereocenters. The lowest BCUT2D eigenvalue weighted by Gasteiger charge is -2.16. The minimum Gasteiger partial charge on any atom is -0.466 e. The van der Waals surface area contributed by atoms with Gasteiger partial charge in [-0.1, -0.05) is 12.1 Å². The molecule has 21 heavy (non-hydrogen) atoms. The molecule has 0 heterocycles. The van der Waals surface area contributed by atoms with E-state index in [1.54, 1.807) is 6.92 Å². The van der Waals surface area contributed by atoms with Gasteiger partial charge in [-0.05, 0) is 43.9 Å². The van der Waals surface area contributed by atoms with E-state index in [4.69, 9.17) is 10.5 Å². The van der Waals surface area contributed by atoms with Gasteiger partial charge in [0.25, 0.3) is 0 Å². The highest BCUT2D eigenvalue weighted by Gasteiger charge is 2.50. The Balaban J connectivity index is 1.80. The van der Waals surface area contributed by atoms with Gasteiger partial charge in [0.1, 0.15) is 0 Å². The van der Waals surface area contributed by atoms with E-state index < -0.39 is 5.41 Å². The maximum atomic E-state index is 12.3. The molecule has 114 valence electrons. The Morgan fingerprint density at radius 1 is 1.29 bits per heavy atom. The predicted octanol–water partition coefficient (Wildman–Crippen LogP) is 1.76. The minimum atomic E-state index is -0.391. The first-order valence-electron chi connectivity index (χ1n) is 7.38. The lowest BCUT2D eigenvalue weighted by atomic mass is 9.94. The summed E-state index contributed by atoms with van der Waals surface area (Å²) in [6.07, 6.45) is 2.66. The first-order chi connectivity index (χ1) is 10.1. The molecular weight excluding hydrogens is 268 g/mol. The van der Waals surface area contributed by atoms with Crippen molar-refractivity contribution in [3.8, 4) is 0 Å². The van der Waals surface area contributed by atoms with Crippen LogP contribution in [0.4, 0.5) is 5.69 Å². The average molecular weight is 290 g/mol. The largest absolute Gasteiger partial charge is 0.466 e. The number of hydrogen-bond acceptors (Lipinski definition) is 4. The van der Waals surface area contributed by atoms with Crippen molar-refractivity contribution in [1.82, 2.24) is 5.32 Å². The quantitative estimate of drug-likeness (QED) is 0.455. The summed E-state index contributed by atoms with van der Waals surface area (Å²) in [6, 6.07) is 7.48. The van der Waals surface area contributed by atoms with Gasteiger partial charge in [0.15, 0.2) is 0 Å². The number of nitrogen functional groups attached to an aromatic ring is 1. The number of nitrogens with one attached hydrogen (secondary N) is 1. The number of anilines is 1. The van der Waals surface area contributed by atoms with E-state index in [0.717, 1.165) is 18.4 Å². The number of esters is 1. The van der Waals surface area contributed by atoms with Crippen molar-refractivity contribution in [3.05, 3.63) is 29.8 Å². The van der Waals surface area contributed by atoms with Crippen LogP contribution in [-0.4, -0.2) is 25.0 Å². The predicted molar refractivity (Wildman–Crippen MR) is 80.6 cm³/mol. The molecule has 1 amide bonds. The van der Waals surface area contributed by atoms with Crippen LogP contribution in [0.15, 0.2) is 24.3 Å². The number of rotatable bonds is 7. The van der Waals surface area contributed by atoms with Gasteiger partial charge in [-0.25, -0.2) is 0 Å². The Morgan fingerprint density at radius 2 is 1.95 bits per heavy atom. The van der Waals surface area contributed by atoms with Gasteiger partial charge in [0.05, 0.1) is 12.0 Å². The van der Waals surface area contributed by atoms with E-state index in [0.29, 0.717) is 31.7 Å². The summed E-state index contributed by atoms with van der Waals surface area (Å²) in [4.78, 5) is 23.5. The van der Waals surface area contributed by atoms with E-state index in [9.17, 15) is 9.59 Å².